The quantitative estimate of drug-likeness (QED) is 0.789. The maximum Gasteiger partial charge on any atom is 0.337 e. The SMILES string of the molecule is O=C(NCCc1ccco1)Nc1c(F)cccc1C(=O)O. The van der Waals surface area contributed by atoms with E-state index in [0.29, 0.717) is 12.2 Å². The van der Waals surface area contributed by atoms with Gasteiger partial charge in [0.1, 0.15) is 11.6 Å². The van der Waals surface area contributed by atoms with Crippen LogP contribution >= 0.6 is 0 Å². The Bertz CT molecular complexity index is 640. The van der Waals surface area contributed by atoms with Crippen LogP contribution in [0.2, 0.25) is 0 Å². The molecule has 7 heteroatoms. The van der Waals surface area contributed by atoms with Gasteiger partial charge in [0, 0.05) is 13.0 Å². The molecule has 0 radical (unpaired) electrons. The van der Waals surface area contributed by atoms with Crippen LogP contribution in [0.25, 0.3) is 0 Å². The molecule has 0 bridgehead atoms. The monoisotopic (exact) mass is 292 g/mol. The summed E-state index contributed by atoms with van der Waals surface area (Å²) in [7, 11) is 0. The van der Waals surface area contributed by atoms with Crippen LogP contribution in [0.15, 0.2) is 41.0 Å². The number of carboxylic acid groups (broad SMARTS) is 1. The molecule has 1 aromatic heterocycles. The van der Waals surface area contributed by atoms with Crippen LogP contribution in [-0.4, -0.2) is 23.7 Å². The summed E-state index contributed by atoms with van der Waals surface area (Å²) < 4.78 is 18.7. The molecule has 0 atom stereocenters. The predicted octanol–water partition coefficient (Wildman–Crippen LogP) is 2.48. The first-order valence-corrected chi connectivity index (χ1v) is 6.17. The molecule has 1 heterocycles. The Kier molecular flexibility index (Phi) is 4.55. The van der Waals surface area contributed by atoms with Gasteiger partial charge in [-0.15, -0.1) is 0 Å². The van der Waals surface area contributed by atoms with Crippen molar-refractivity contribution in [3.05, 3.63) is 53.7 Å². The van der Waals surface area contributed by atoms with Gasteiger partial charge in [0.2, 0.25) is 0 Å². The van der Waals surface area contributed by atoms with Gasteiger partial charge in [-0.3, -0.25) is 0 Å². The Hall–Kier alpha value is -2.83. The second kappa shape index (κ2) is 6.56. The van der Waals surface area contributed by atoms with E-state index in [0.717, 1.165) is 6.07 Å². The molecule has 2 aromatic rings. The van der Waals surface area contributed by atoms with E-state index in [1.54, 1.807) is 12.1 Å². The number of para-hydroxylation sites is 1. The highest BCUT2D eigenvalue weighted by molar-refractivity contribution is 6.00. The van der Waals surface area contributed by atoms with E-state index in [1.165, 1.54) is 18.4 Å². The molecular formula is C14H13FN2O4. The minimum Gasteiger partial charge on any atom is -0.478 e. The third-order valence-electron chi connectivity index (χ3n) is 2.72. The molecule has 0 spiro atoms. The zero-order valence-electron chi connectivity index (χ0n) is 10.9. The smallest absolute Gasteiger partial charge is 0.337 e. The molecule has 3 N–H and O–H groups in total. The predicted molar refractivity (Wildman–Crippen MR) is 72.8 cm³/mol. The number of hydrogen-bond donors (Lipinski definition) is 3. The molecular weight excluding hydrogens is 279 g/mol. The molecule has 0 aliphatic carbocycles. The summed E-state index contributed by atoms with van der Waals surface area (Å²) in [5.74, 6) is -1.43. The van der Waals surface area contributed by atoms with Crippen LogP contribution in [-0.2, 0) is 6.42 Å². The van der Waals surface area contributed by atoms with E-state index in [4.69, 9.17) is 9.52 Å². The van der Waals surface area contributed by atoms with Gasteiger partial charge in [-0.25, -0.2) is 14.0 Å². The number of hydrogen-bond acceptors (Lipinski definition) is 3. The van der Waals surface area contributed by atoms with Crippen LogP contribution in [0.5, 0.6) is 0 Å². The van der Waals surface area contributed by atoms with Gasteiger partial charge < -0.3 is 20.2 Å². The standard InChI is InChI=1S/C14H13FN2O4/c15-11-5-1-4-10(13(18)19)12(11)17-14(20)16-7-6-9-3-2-8-21-9/h1-5,8H,6-7H2,(H,18,19)(H2,16,17,20). The lowest BCUT2D eigenvalue weighted by Gasteiger charge is -2.10. The summed E-state index contributed by atoms with van der Waals surface area (Å²) in [6.45, 7) is 0.274. The Morgan fingerprint density at radius 1 is 1.24 bits per heavy atom. The fraction of sp³-hybridized carbons (Fsp3) is 0.143. The number of carboxylic acids is 1. The third-order valence-corrected chi connectivity index (χ3v) is 2.72. The van der Waals surface area contributed by atoms with Crippen molar-refractivity contribution in [1.29, 1.82) is 0 Å². The van der Waals surface area contributed by atoms with E-state index < -0.39 is 17.8 Å². The number of aromatic carboxylic acids is 1. The van der Waals surface area contributed by atoms with Gasteiger partial charge in [0.05, 0.1) is 17.5 Å². The molecule has 0 saturated heterocycles. The maximum absolute atomic E-state index is 13.6. The van der Waals surface area contributed by atoms with Crippen molar-refractivity contribution in [2.45, 2.75) is 6.42 Å². The topological polar surface area (TPSA) is 91.6 Å². The van der Waals surface area contributed by atoms with Gasteiger partial charge in [0.25, 0.3) is 0 Å². The number of furan rings is 1. The number of nitrogens with one attached hydrogen (secondary N) is 2. The summed E-state index contributed by atoms with van der Waals surface area (Å²) in [6, 6.07) is 6.36. The molecule has 6 nitrogen and oxygen atoms in total. The van der Waals surface area contributed by atoms with E-state index in [1.807, 2.05) is 0 Å². The lowest BCUT2D eigenvalue weighted by Crippen LogP contribution is -2.31. The van der Waals surface area contributed by atoms with Gasteiger partial charge in [-0.2, -0.15) is 0 Å². The van der Waals surface area contributed by atoms with Crippen LogP contribution < -0.4 is 10.6 Å². The van der Waals surface area contributed by atoms with Crippen molar-refractivity contribution >= 4 is 17.7 Å². The molecule has 1 aromatic carbocycles. The second-order valence-electron chi connectivity index (χ2n) is 4.18. The molecule has 0 unspecified atom stereocenters. The van der Waals surface area contributed by atoms with Crippen molar-refractivity contribution in [3.63, 3.8) is 0 Å². The Balaban J connectivity index is 1.95. The van der Waals surface area contributed by atoms with Crippen molar-refractivity contribution in [1.82, 2.24) is 5.32 Å². The summed E-state index contributed by atoms with van der Waals surface area (Å²) in [4.78, 5) is 22.6. The minimum atomic E-state index is -1.32. The van der Waals surface area contributed by atoms with Gasteiger partial charge in [-0.05, 0) is 24.3 Å². The number of carbonyl (C=O) groups is 2. The zero-order chi connectivity index (χ0) is 15.2. The first-order valence-electron chi connectivity index (χ1n) is 6.17. The summed E-state index contributed by atoms with van der Waals surface area (Å²) in [5, 5.41) is 13.7. The van der Waals surface area contributed by atoms with Crippen LogP contribution in [0.4, 0.5) is 14.9 Å². The Labute approximate surface area is 119 Å². The number of benzene rings is 1. The number of anilines is 1. The lowest BCUT2D eigenvalue weighted by atomic mass is 10.1. The molecule has 0 fully saturated rings. The zero-order valence-corrected chi connectivity index (χ0v) is 10.9. The van der Waals surface area contributed by atoms with Gasteiger partial charge in [-0.1, -0.05) is 6.07 Å². The molecule has 21 heavy (non-hydrogen) atoms. The van der Waals surface area contributed by atoms with Crippen LogP contribution in [0.3, 0.4) is 0 Å². The number of amides is 2. The first kappa shape index (κ1) is 14.6. The van der Waals surface area contributed by atoms with E-state index in [-0.39, 0.29) is 17.8 Å². The number of urea groups is 1. The molecule has 2 rings (SSSR count). The van der Waals surface area contributed by atoms with E-state index in [9.17, 15) is 14.0 Å². The highest BCUT2D eigenvalue weighted by Crippen LogP contribution is 2.19. The number of halogens is 1. The third kappa shape index (κ3) is 3.82. The molecule has 0 saturated carbocycles. The van der Waals surface area contributed by atoms with Crippen molar-refractivity contribution in [2.24, 2.45) is 0 Å². The number of rotatable bonds is 5. The van der Waals surface area contributed by atoms with Crippen molar-refractivity contribution in [2.75, 3.05) is 11.9 Å². The largest absolute Gasteiger partial charge is 0.478 e. The highest BCUT2D eigenvalue weighted by Gasteiger charge is 2.16. The van der Waals surface area contributed by atoms with Crippen molar-refractivity contribution < 1.29 is 23.5 Å². The van der Waals surface area contributed by atoms with E-state index >= 15 is 0 Å². The summed E-state index contributed by atoms with van der Waals surface area (Å²) >= 11 is 0. The Morgan fingerprint density at radius 3 is 2.71 bits per heavy atom. The van der Waals surface area contributed by atoms with Crippen molar-refractivity contribution in [3.8, 4) is 0 Å². The second-order valence-corrected chi connectivity index (χ2v) is 4.18. The Morgan fingerprint density at radius 2 is 2.05 bits per heavy atom. The maximum atomic E-state index is 13.6. The number of carbonyl (C=O) groups excluding carboxylic acids is 1. The molecule has 0 aliphatic rings. The molecule has 0 aliphatic heterocycles. The van der Waals surface area contributed by atoms with Crippen LogP contribution in [0, 0.1) is 5.82 Å². The van der Waals surface area contributed by atoms with Crippen LogP contribution in [0.1, 0.15) is 16.1 Å². The first-order chi connectivity index (χ1) is 10.1. The summed E-state index contributed by atoms with van der Waals surface area (Å²) in [6.07, 6.45) is 2.00. The fourth-order valence-corrected chi connectivity index (χ4v) is 1.74. The normalized spacial score (nSPS) is 10.1. The van der Waals surface area contributed by atoms with E-state index in [2.05, 4.69) is 10.6 Å². The molecule has 2 amide bonds. The average Bonchev–Trinajstić information content (AvgIpc) is 2.94. The summed E-state index contributed by atoms with van der Waals surface area (Å²) in [5.41, 5.74) is -0.670. The minimum absolute atomic E-state index is 0.274. The fourth-order valence-electron chi connectivity index (χ4n) is 1.74. The van der Waals surface area contributed by atoms with Gasteiger partial charge in [0.15, 0.2) is 0 Å². The van der Waals surface area contributed by atoms with Gasteiger partial charge >= 0.3 is 12.0 Å². The molecule has 110 valence electrons. The highest BCUT2D eigenvalue weighted by atomic mass is 19.1. The lowest BCUT2D eigenvalue weighted by molar-refractivity contribution is 0.0697. The average molecular weight is 292 g/mol.